The Kier molecular flexibility index (Phi) is 5.34. The second-order valence-electron chi connectivity index (χ2n) is 4.94. The van der Waals surface area contributed by atoms with E-state index in [2.05, 4.69) is 0 Å². The lowest BCUT2D eigenvalue weighted by atomic mass is 10.0. The second-order valence-corrected chi connectivity index (χ2v) is 8.22. The fourth-order valence-corrected chi connectivity index (χ4v) is 4.56. The fraction of sp³-hybridized carbons (Fsp3) is 0.267. The molecule has 1 aromatic carbocycles. The highest BCUT2D eigenvalue weighted by Gasteiger charge is 2.29. The van der Waals surface area contributed by atoms with Crippen LogP contribution in [0.25, 0.3) is 0 Å². The summed E-state index contributed by atoms with van der Waals surface area (Å²) >= 11 is 1.54. The van der Waals surface area contributed by atoms with Gasteiger partial charge in [0, 0.05) is 12.3 Å². The number of aryl methyl sites for hydroxylation is 1. The van der Waals surface area contributed by atoms with E-state index >= 15 is 0 Å². The minimum Gasteiger partial charge on any atom is -0.481 e. The molecule has 0 bridgehead atoms. The van der Waals surface area contributed by atoms with Crippen molar-refractivity contribution in [3.8, 4) is 0 Å². The lowest BCUT2D eigenvalue weighted by Gasteiger charge is -2.17. The van der Waals surface area contributed by atoms with Gasteiger partial charge in [-0.05, 0) is 34.4 Å². The fourth-order valence-electron chi connectivity index (χ4n) is 2.13. The summed E-state index contributed by atoms with van der Waals surface area (Å²) in [6.45, 7) is 0. The summed E-state index contributed by atoms with van der Waals surface area (Å²) in [5.41, 5.74) is 1.58. The van der Waals surface area contributed by atoms with E-state index in [0.29, 0.717) is 12.0 Å². The molecule has 2 rings (SSSR count). The molecule has 1 heterocycles. The Bertz CT molecular complexity index is 624. The van der Waals surface area contributed by atoms with Crippen LogP contribution in [0.3, 0.4) is 0 Å². The summed E-state index contributed by atoms with van der Waals surface area (Å²) in [5.74, 6) is -2.00. The Morgan fingerprint density at radius 3 is 2.52 bits per heavy atom. The van der Waals surface area contributed by atoms with Crippen LogP contribution in [-0.4, -0.2) is 28.3 Å². The SMILES string of the molecule is O=C(O)C(CP(=O)(O)CCc1ccsc1)c1ccccc1. The topological polar surface area (TPSA) is 74.6 Å². The Balaban J connectivity index is 2.05. The summed E-state index contributed by atoms with van der Waals surface area (Å²) in [7, 11) is -3.49. The van der Waals surface area contributed by atoms with Gasteiger partial charge in [-0.15, -0.1) is 0 Å². The van der Waals surface area contributed by atoms with E-state index in [1.807, 2.05) is 16.8 Å². The number of thiophene rings is 1. The normalized spacial score (nSPS) is 15.3. The van der Waals surface area contributed by atoms with E-state index in [4.69, 9.17) is 0 Å². The molecule has 21 heavy (non-hydrogen) atoms. The molecule has 0 amide bonds. The molecule has 2 unspecified atom stereocenters. The predicted molar refractivity (Wildman–Crippen MR) is 84.4 cm³/mol. The number of carboxylic acids is 1. The van der Waals surface area contributed by atoms with Crippen molar-refractivity contribution < 1.29 is 19.4 Å². The number of hydrogen-bond acceptors (Lipinski definition) is 3. The molecule has 4 nitrogen and oxygen atoms in total. The van der Waals surface area contributed by atoms with Crippen LogP contribution in [0.2, 0.25) is 0 Å². The van der Waals surface area contributed by atoms with Crippen molar-refractivity contribution in [1.29, 1.82) is 0 Å². The van der Waals surface area contributed by atoms with Gasteiger partial charge in [0.25, 0.3) is 0 Å². The van der Waals surface area contributed by atoms with Crippen LogP contribution in [-0.2, 0) is 15.8 Å². The molecule has 112 valence electrons. The average Bonchev–Trinajstić information content (AvgIpc) is 2.97. The molecule has 0 spiro atoms. The third kappa shape index (κ3) is 4.81. The number of rotatable bonds is 7. The van der Waals surface area contributed by atoms with Crippen LogP contribution in [0.4, 0.5) is 0 Å². The highest BCUT2D eigenvalue weighted by molar-refractivity contribution is 7.58. The molecule has 0 aliphatic rings. The number of benzene rings is 1. The first-order valence-corrected chi connectivity index (χ1v) is 9.55. The molecule has 0 fully saturated rings. The Hall–Kier alpha value is -1.42. The molecular formula is C15H17O4PS. The van der Waals surface area contributed by atoms with Crippen molar-refractivity contribution in [2.24, 2.45) is 0 Å². The van der Waals surface area contributed by atoms with Gasteiger partial charge in [-0.1, -0.05) is 30.3 Å². The van der Waals surface area contributed by atoms with Gasteiger partial charge in [0.2, 0.25) is 7.37 Å². The zero-order valence-corrected chi connectivity index (χ0v) is 13.1. The zero-order valence-electron chi connectivity index (χ0n) is 11.4. The van der Waals surface area contributed by atoms with Crippen LogP contribution < -0.4 is 0 Å². The monoisotopic (exact) mass is 324 g/mol. The van der Waals surface area contributed by atoms with Crippen LogP contribution in [0.1, 0.15) is 17.0 Å². The summed E-state index contributed by atoms with van der Waals surface area (Å²) < 4.78 is 12.3. The Morgan fingerprint density at radius 1 is 1.24 bits per heavy atom. The first-order chi connectivity index (χ1) is 9.98. The van der Waals surface area contributed by atoms with Crippen molar-refractivity contribution >= 4 is 24.7 Å². The molecular weight excluding hydrogens is 307 g/mol. The van der Waals surface area contributed by atoms with Gasteiger partial charge in [0.05, 0.1) is 5.92 Å². The summed E-state index contributed by atoms with van der Waals surface area (Å²) in [5, 5.41) is 13.2. The van der Waals surface area contributed by atoms with E-state index in [1.165, 1.54) is 0 Å². The van der Waals surface area contributed by atoms with Crippen LogP contribution in [0.15, 0.2) is 47.2 Å². The lowest BCUT2D eigenvalue weighted by molar-refractivity contribution is -0.138. The van der Waals surface area contributed by atoms with Crippen LogP contribution >= 0.6 is 18.7 Å². The maximum atomic E-state index is 12.3. The first kappa shape index (κ1) is 16.0. The van der Waals surface area contributed by atoms with Crippen molar-refractivity contribution in [3.05, 3.63) is 58.3 Å². The largest absolute Gasteiger partial charge is 0.481 e. The maximum absolute atomic E-state index is 12.3. The molecule has 2 aromatic rings. The third-order valence-electron chi connectivity index (χ3n) is 3.30. The number of hydrogen-bond donors (Lipinski definition) is 2. The predicted octanol–water partition coefficient (Wildman–Crippen LogP) is 3.43. The van der Waals surface area contributed by atoms with Crippen molar-refractivity contribution in [2.75, 3.05) is 12.3 Å². The van der Waals surface area contributed by atoms with Crippen molar-refractivity contribution in [2.45, 2.75) is 12.3 Å². The maximum Gasteiger partial charge on any atom is 0.311 e. The molecule has 2 atom stereocenters. The van der Waals surface area contributed by atoms with Gasteiger partial charge in [-0.2, -0.15) is 11.3 Å². The van der Waals surface area contributed by atoms with Gasteiger partial charge >= 0.3 is 5.97 Å². The van der Waals surface area contributed by atoms with E-state index in [1.54, 1.807) is 41.7 Å². The highest BCUT2D eigenvalue weighted by atomic mass is 32.1. The van der Waals surface area contributed by atoms with Gasteiger partial charge < -0.3 is 10.00 Å². The van der Waals surface area contributed by atoms with E-state index in [9.17, 15) is 19.4 Å². The van der Waals surface area contributed by atoms with E-state index in [0.717, 1.165) is 5.56 Å². The molecule has 0 aliphatic heterocycles. The standard InChI is InChI=1S/C15H17O4PS/c16-15(17)14(13-4-2-1-3-5-13)10-20(18,19)8-6-12-7-9-21-11-12/h1-5,7,9,11,14H,6,8,10H2,(H,16,17)(H,18,19). The summed E-state index contributed by atoms with van der Waals surface area (Å²) in [4.78, 5) is 21.5. The molecule has 0 saturated heterocycles. The third-order valence-corrected chi connectivity index (χ3v) is 5.89. The minimum absolute atomic E-state index is 0.111. The van der Waals surface area contributed by atoms with Gasteiger partial charge in [0.15, 0.2) is 0 Å². The van der Waals surface area contributed by atoms with Gasteiger partial charge in [-0.25, -0.2) is 0 Å². The quantitative estimate of drug-likeness (QED) is 0.765. The lowest BCUT2D eigenvalue weighted by Crippen LogP contribution is -2.17. The number of carboxylic acid groups (broad SMARTS) is 1. The average molecular weight is 324 g/mol. The van der Waals surface area contributed by atoms with Gasteiger partial charge in [0.1, 0.15) is 0 Å². The number of aliphatic carboxylic acids is 1. The van der Waals surface area contributed by atoms with E-state index in [-0.39, 0.29) is 12.3 Å². The Morgan fingerprint density at radius 2 is 1.95 bits per heavy atom. The van der Waals surface area contributed by atoms with Gasteiger partial charge in [-0.3, -0.25) is 9.36 Å². The Labute approximate surface area is 127 Å². The molecule has 0 aliphatic carbocycles. The zero-order chi connectivity index (χ0) is 15.3. The van der Waals surface area contributed by atoms with Crippen LogP contribution in [0.5, 0.6) is 0 Å². The molecule has 0 radical (unpaired) electrons. The second kappa shape index (κ2) is 7.03. The van der Waals surface area contributed by atoms with Crippen molar-refractivity contribution in [1.82, 2.24) is 0 Å². The summed E-state index contributed by atoms with van der Waals surface area (Å²) in [6, 6.07) is 10.5. The molecule has 0 saturated carbocycles. The first-order valence-electron chi connectivity index (χ1n) is 6.57. The summed E-state index contributed by atoms with van der Waals surface area (Å²) in [6.07, 6.45) is 0.384. The molecule has 2 N–H and O–H groups in total. The smallest absolute Gasteiger partial charge is 0.311 e. The van der Waals surface area contributed by atoms with E-state index < -0.39 is 19.3 Å². The molecule has 1 aromatic heterocycles. The van der Waals surface area contributed by atoms with Crippen molar-refractivity contribution in [3.63, 3.8) is 0 Å². The highest BCUT2D eigenvalue weighted by Crippen LogP contribution is 2.45. The minimum atomic E-state index is -3.49. The number of carbonyl (C=O) groups is 1. The molecule has 6 heteroatoms. The van der Waals surface area contributed by atoms with Crippen LogP contribution in [0, 0.1) is 0 Å².